The minimum atomic E-state index is -0.227. The number of rotatable bonds is 8. The summed E-state index contributed by atoms with van der Waals surface area (Å²) in [6.07, 6.45) is 2.27. The Morgan fingerprint density at radius 1 is 1.37 bits per heavy atom. The van der Waals surface area contributed by atoms with Crippen molar-refractivity contribution < 1.29 is 9.90 Å². The molecule has 0 bridgehead atoms. The van der Waals surface area contributed by atoms with Gasteiger partial charge in [0, 0.05) is 5.92 Å². The number of carbonyl (C=O) groups excluding carboxylic acids is 1. The van der Waals surface area contributed by atoms with Gasteiger partial charge in [-0.1, -0.05) is 37.3 Å². The number of nitrogens with two attached hydrogens (primary N) is 1. The summed E-state index contributed by atoms with van der Waals surface area (Å²) >= 11 is 0. The summed E-state index contributed by atoms with van der Waals surface area (Å²) in [5.41, 5.74) is 6.54. The number of benzene rings is 1. The average Bonchev–Trinajstić information content (AvgIpc) is 2.44. The van der Waals surface area contributed by atoms with Gasteiger partial charge in [-0.05, 0) is 31.4 Å². The van der Waals surface area contributed by atoms with E-state index in [0.717, 1.165) is 18.4 Å². The lowest BCUT2D eigenvalue weighted by molar-refractivity contribution is -0.125. The number of hydrogen-bond donors (Lipinski definition) is 3. The van der Waals surface area contributed by atoms with Crippen LogP contribution in [0, 0.1) is 5.92 Å². The van der Waals surface area contributed by atoms with Crippen LogP contribution < -0.4 is 11.1 Å². The van der Waals surface area contributed by atoms with E-state index in [1.165, 1.54) is 0 Å². The second-order valence-electron chi connectivity index (χ2n) is 4.91. The molecular weight excluding hydrogens is 240 g/mol. The van der Waals surface area contributed by atoms with Crippen LogP contribution >= 0.6 is 0 Å². The standard InChI is InChI=1S/C15H24N2O2/c1-12(6-5-9-16)15(19)17-14(11-18)10-13-7-3-2-4-8-13/h2-4,7-8,12,14,18H,5-6,9-11,16H2,1H3,(H,17,19). The summed E-state index contributed by atoms with van der Waals surface area (Å²) in [6, 6.07) is 9.62. The fraction of sp³-hybridized carbons (Fsp3) is 0.533. The zero-order chi connectivity index (χ0) is 14.1. The quantitative estimate of drug-likeness (QED) is 0.657. The molecule has 2 atom stereocenters. The van der Waals surface area contributed by atoms with Crippen LogP contribution in [0.25, 0.3) is 0 Å². The molecule has 0 saturated heterocycles. The molecule has 1 amide bonds. The van der Waals surface area contributed by atoms with Gasteiger partial charge in [0.15, 0.2) is 0 Å². The molecule has 1 aromatic carbocycles. The molecule has 0 radical (unpaired) electrons. The van der Waals surface area contributed by atoms with Gasteiger partial charge in [-0.25, -0.2) is 0 Å². The Bertz CT molecular complexity index is 368. The van der Waals surface area contributed by atoms with E-state index in [9.17, 15) is 9.90 Å². The maximum Gasteiger partial charge on any atom is 0.223 e. The largest absolute Gasteiger partial charge is 0.394 e. The molecular formula is C15H24N2O2. The molecule has 4 heteroatoms. The van der Waals surface area contributed by atoms with Crippen molar-refractivity contribution in [1.82, 2.24) is 5.32 Å². The summed E-state index contributed by atoms with van der Waals surface area (Å²) < 4.78 is 0. The van der Waals surface area contributed by atoms with E-state index in [-0.39, 0.29) is 24.5 Å². The van der Waals surface area contributed by atoms with Gasteiger partial charge >= 0.3 is 0 Å². The highest BCUT2D eigenvalue weighted by molar-refractivity contribution is 5.78. The number of hydrogen-bond acceptors (Lipinski definition) is 3. The van der Waals surface area contributed by atoms with Crippen LogP contribution in [-0.4, -0.2) is 30.2 Å². The molecule has 0 spiro atoms. The van der Waals surface area contributed by atoms with Gasteiger partial charge in [0.05, 0.1) is 12.6 Å². The zero-order valence-electron chi connectivity index (χ0n) is 11.5. The third-order valence-electron chi connectivity index (χ3n) is 3.18. The highest BCUT2D eigenvalue weighted by Gasteiger charge is 2.17. The predicted octanol–water partition coefficient (Wildman–Crippen LogP) is 1.08. The van der Waals surface area contributed by atoms with E-state index in [1.54, 1.807) is 0 Å². The molecule has 0 aliphatic heterocycles. The van der Waals surface area contributed by atoms with Crippen molar-refractivity contribution >= 4 is 5.91 Å². The minimum Gasteiger partial charge on any atom is -0.394 e. The van der Waals surface area contributed by atoms with Crippen LogP contribution in [0.15, 0.2) is 30.3 Å². The monoisotopic (exact) mass is 264 g/mol. The third kappa shape index (κ3) is 5.85. The number of aliphatic hydroxyl groups is 1. The van der Waals surface area contributed by atoms with Gasteiger partial charge in [0.2, 0.25) is 5.91 Å². The molecule has 1 aromatic rings. The highest BCUT2D eigenvalue weighted by atomic mass is 16.3. The predicted molar refractivity (Wildman–Crippen MR) is 76.6 cm³/mol. The Morgan fingerprint density at radius 3 is 2.63 bits per heavy atom. The molecule has 4 N–H and O–H groups in total. The van der Waals surface area contributed by atoms with Crippen molar-refractivity contribution in [2.75, 3.05) is 13.2 Å². The zero-order valence-corrected chi connectivity index (χ0v) is 11.5. The molecule has 0 aromatic heterocycles. The lowest BCUT2D eigenvalue weighted by Crippen LogP contribution is -2.41. The van der Waals surface area contributed by atoms with Gasteiger partial charge in [-0.3, -0.25) is 4.79 Å². The lowest BCUT2D eigenvalue weighted by Gasteiger charge is -2.19. The molecule has 4 nitrogen and oxygen atoms in total. The van der Waals surface area contributed by atoms with Crippen LogP contribution in [0.4, 0.5) is 0 Å². The van der Waals surface area contributed by atoms with Crippen LogP contribution in [0.2, 0.25) is 0 Å². The van der Waals surface area contributed by atoms with E-state index >= 15 is 0 Å². The topological polar surface area (TPSA) is 75.4 Å². The fourth-order valence-corrected chi connectivity index (χ4v) is 1.96. The first kappa shape index (κ1) is 15.7. The molecule has 0 fully saturated rings. The molecule has 106 valence electrons. The Labute approximate surface area is 115 Å². The maximum atomic E-state index is 11.9. The normalized spacial score (nSPS) is 13.8. The molecule has 0 aliphatic rings. The number of amides is 1. The lowest BCUT2D eigenvalue weighted by atomic mass is 10.0. The first-order valence-electron chi connectivity index (χ1n) is 6.82. The Hall–Kier alpha value is -1.39. The van der Waals surface area contributed by atoms with Crippen molar-refractivity contribution in [2.45, 2.75) is 32.2 Å². The molecule has 2 unspecified atom stereocenters. The van der Waals surface area contributed by atoms with Gasteiger partial charge in [0.1, 0.15) is 0 Å². The Morgan fingerprint density at radius 2 is 2.05 bits per heavy atom. The Balaban J connectivity index is 2.45. The number of carbonyl (C=O) groups is 1. The van der Waals surface area contributed by atoms with E-state index in [1.807, 2.05) is 37.3 Å². The molecule has 19 heavy (non-hydrogen) atoms. The van der Waals surface area contributed by atoms with Gasteiger partial charge < -0.3 is 16.2 Å². The second kappa shape index (κ2) is 8.67. The number of aliphatic hydroxyl groups excluding tert-OH is 1. The van der Waals surface area contributed by atoms with E-state index in [4.69, 9.17) is 5.73 Å². The summed E-state index contributed by atoms with van der Waals surface area (Å²) in [5.74, 6) is -0.0724. The second-order valence-corrected chi connectivity index (χ2v) is 4.91. The van der Waals surface area contributed by atoms with E-state index in [2.05, 4.69) is 5.32 Å². The summed E-state index contributed by atoms with van der Waals surface area (Å²) in [4.78, 5) is 11.9. The van der Waals surface area contributed by atoms with Gasteiger partial charge in [0.25, 0.3) is 0 Å². The van der Waals surface area contributed by atoms with Crippen molar-refractivity contribution in [3.05, 3.63) is 35.9 Å². The van der Waals surface area contributed by atoms with E-state index in [0.29, 0.717) is 13.0 Å². The van der Waals surface area contributed by atoms with Crippen LogP contribution in [-0.2, 0) is 11.2 Å². The summed E-state index contributed by atoms with van der Waals surface area (Å²) in [5, 5.41) is 12.3. The molecule has 0 heterocycles. The third-order valence-corrected chi connectivity index (χ3v) is 3.18. The first-order valence-corrected chi connectivity index (χ1v) is 6.82. The minimum absolute atomic E-state index is 0.0107. The molecule has 0 aliphatic carbocycles. The fourth-order valence-electron chi connectivity index (χ4n) is 1.96. The van der Waals surface area contributed by atoms with E-state index < -0.39 is 0 Å². The highest BCUT2D eigenvalue weighted by Crippen LogP contribution is 2.07. The van der Waals surface area contributed by atoms with Gasteiger partial charge in [-0.2, -0.15) is 0 Å². The Kier molecular flexibility index (Phi) is 7.15. The maximum absolute atomic E-state index is 11.9. The SMILES string of the molecule is CC(CCCN)C(=O)NC(CO)Cc1ccccc1. The molecule has 0 saturated carbocycles. The summed E-state index contributed by atoms with van der Waals surface area (Å²) in [6.45, 7) is 2.44. The van der Waals surface area contributed by atoms with Crippen molar-refractivity contribution in [3.8, 4) is 0 Å². The molecule has 1 rings (SSSR count). The van der Waals surface area contributed by atoms with Crippen molar-refractivity contribution in [2.24, 2.45) is 11.7 Å². The van der Waals surface area contributed by atoms with Gasteiger partial charge in [-0.15, -0.1) is 0 Å². The van der Waals surface area contributed by atoms with Crippen LogP contribution in [0.5, 0.6) is 0 Å². The van der Waals surface area contributed by atoms with Crippen LogP contribution in [0.1, 0.15) is 25.3 Å². The van der Waals surface area contributed by atoms with Crippen molar-refractivity contribution in [1.29, 1.82) is 0 Å². The van der Waals surface area contributed by atoms with Crippen LogP contribution in [0.3, 0.4) is 0 Å². The first-order chi connectivity index (χ1) is 9.17. The smallest absolute Gasteiger partial charge is 0.223 e. The van der Waals surface area contributed by atoms with Crippen molar-refractivity contribution in [3.63, 3.8) is 0 Å². The average molecular weight is 264 g/mol. The number of nitrogens with one attached hydrogen (secondary N) is 1. The summed E-state index contributed by atoms with van der Waals surface area (Å²) in [7, 11) is 0.